The number of methoxy groups -OCH3 is 2. The summed E-state index contributed by atoms with van der Waals surface area (Å²) in [6, 6.07) is 9.74. The number of hydrogen-bond acceptors (Lipinski definition) is 5. The predicted octanol–water partition coefficient (Wildman–Crippen LogP) is 3.70. The summed E-state index contributed by atoms with van der Waals surface area (Å²) in [7, 11) is 3.16. The fourth-order valence-electron chi connectivity index (χ4n) is 2.73. The van der Waals surface area contributed by atoms with Crippen molar-refractivity contribution in [1.82, 2.24) is 9.55 Å². The molecule has 0 saturated carbocycles. The van der Waals surface area contributed by atoms with Gasteiger partial charge in [-0.05, 0) is 42.3 Å². The summed E-state index contributed by atoms with van der Waals surface area (Å²) >= 11 is 5.81. The van der Waals surface area contributed by atoms with Crippen molar-refractivity contribution in [1.29, 1.82) is 0 Å². The normalized spacial score (nSPS) is 10.6. The zero-order valence-electron chi connectivity index (χ0n) is 15.4. The lowest BCUT2D eigenvalue weighted by molar-refractivity contribution is 0.354. The topological polar surface area (TPSA) is 65.4 Å². The van der Waals surface area contributed by atoms with Crippen LogP contribution in [0.1, 0.15) is 5.56 Å². The number of ether oxygens (including phenoxy) is 2. The van der Waals surface area contributed by atoms with Crippen LogP contribution in [0.2, 0.25) is 5.02 Å². The Morgan fingerprint density at radius 2 is 1.93 bits per heavy atom. The second kappa shape index (κ2) is 8.75. The first-order valence-corrected chi connectivity index (χ1v) is 8.89. The molecule has 1 aromatic heterocycles. The van der Waals surface area contributed by atoms with Gasteiger partial charge in [-0.2, -0.15) is 0 Å². The number of nitrogens with zero attached hydrogens (tertiary/aromatic N) is 2. The van der Waals surface area contributed by atoms with Crippen LogP contribution in [0, 0.1) is 5.82 Å². The molecule has 0 atom stereocenters. The van der Waals surface area contributed by atoms with Crippen LogP contribution in [-0.4, -0.2) is 30.3 Å². The first-order chi connectivity index (χ1) is 13.5. The summed E-state index contributed by atoms with van der Waals surface area (Å²) < 4.78 is 25.2. The molecular formula is C20H19ClFN3O3. The van der Waals surface area contributed by atoms with Crippen molar-refractivity contribution in [3.05, 3.63) is 75.5 Å². The van der Waals surface area contributed by atoms with Crippen LogP contribution in [0.25, 0.3) is 5.69 Å². The lowest BCUT2D eigenvalue weighted by Crippen LogP contribution is -2.24. The third kappa shape index (κ3) is 4.26. The maximum Gasteiger partial charge on any atom is 0.297 e. The number of rotatable bonds is 7. The van der Waals surface area contributed by atoms with Gasteiger partial charge in [-0.1, -0.05) is 17.7 Å². The van der Waals surface area contributed by atoms with Crippen LogP contribution >= 0.6 is 11.6 Å². The first-order valence-electron chi connectivity index (χ1n) is 8.51. The summed E-state index contributed by atoms with van der Waals surface area (Å²) in [5.74, 6) is 0.961. The van der Waals surface area contributed by atoms with E-state index < -0.39 is 5.82 Å². The van der Waals surface area contributed by atoms with Gasteiger partial charge in [0.25, 0.3) is 5.56 Å². The van der Waals surface area contributed by atoms with E-state index in [9.17, 15) is 9.18 Å². The standard InChI is InChI=1S/C20H19ClFN3O3/c1-27-17-6-3-13(11-18(17)28-2)7-8-23-19-20(26)25(10-9-24-19)14-4-5-16(22)15(21)12-14/h3-6,9-12H,7-8H2,1-2H3,(H,23,24). The van der Waals surface area contributed by atoms with Crippen LogP contribution in [0.5, 0.6) is 11.5 Å². The molecule has 2 aromatic carbocycles. The molecule has 6 nitrogen and oxygen atoms in total. The number of hydrogen-bond donors (Lipinski definition) is 1. The maximum absolute atomic E-state index is 13.4. The van der Waals surface area contributed by atoms with Gasteiger partial charge >= 0.3 is 0 Å². The van der Waals surface area contributed by atoms with Gasteiger partial charge in [0.1, 0.15) is 5.82 Å². The Hall–Kier alpha value is -3.06. The molecule has 3 rings (SSSR count). The Morgan fingerprint density at radius 3 is 2.64 bits per heavy atom. The average Bonchev–Trinajstić information content (AvgIpc) is 2.71. The Kier molecular flexibility index (Phi) is 6.16. The summed E-state index contributed by atoms with van der Waals surface area (Å²) in [5.41, 5.74) is 1.13. The predicted molar refractivity (Wildman–Crippen MR) is 107 cm³/mol. The Labute approximate surface area is 166 Å². The quantitative estimate of drug-likeness (QED) is 0.651. The molecule has 0 aliphatic carbocycles. The van der Waals surface area contributed by atoms with Gasteiger partial charge in [0, 0.05) is 18.9 Å². The number of anilines is 1. The van der Waals surface area contributed by atoms with E-state index >= 15 is 0 Å². The molecule has 0 fully saturated rings. The van der Waals surface area contributed by atoms with Crippen molar-refractivity contribution in [3.8, 4) is 17.2 Å². The molecule has 1 heterocycles. The summed E-state index contributed by atoms with van der Waals surface area (Å²) in [6.07, 6.45) is 3.65. The van der Waals surface area contributed by atoms with E-state index in [-0.39, 0.29) is 16.4 Å². The van der Waals surface area contributed by atoms with Crippen LogP contribution in [0.15, 0.2) is 53.6 Å². The van der Waals surface area contributed by atoms with E-state index in [1.165, 1.54) is 35.2 Å². The largest absolute Gasteiger partial charge is 0.493 e. The zero-order valence-corrected chi connectivity index (χ0v) is 16.2. The van der Waals surface area contributed by atoms with Crippen LogP contribution in [-0.2, 0) is 6.42 Å². The number of halogens is 2. The molecule has 8 heteroatoms. The van der Waals surface area contributed by atoms with E-state index in [0.717, 1.165) is 5.56 Å². The third-order valence-electron chi connectivity index (χ3n) is 4.18. The van der Waals surface area contributed by atoms with E-state index in [1.54, 1.807) is 14.2 Å². The second-order valence-corrected chi connectivity index (χ2v) is 6.32. The third-order valence-corrected chi connectivity index (χ3v) is 4.47. The minimum Gasteiger partial charge on any atom is -0.493 e. The van der Waals surface area contributed by atoms with Gasteiger partial charge in [-0.3, -0.25) is 9.36 Å². The molecule has 146 valence electrons. The van der Waals surface area contributed by atoms with Crippen molar-refractivity contribution >= 4 is 17.4 Å². The van der Waals surface area contributed by atoms with E-state index in [4.69, 9.17) is 21.1 Å². The minimum absolute atomic E-state index is 0.0517. The van der Waals surface area contributed by atoms with Crippen LogP contribution < -0.4 is 20.3 Å². The zero-order chi connectivity index (χ0) is 20.1. The van der Waals surface area contributed by atoms with Gasteiger partial charge < -0.3 is 14.8 Å². The highest BCUT2D eigenvalue weighted by atomic mass is 35.5. The summed E-state index contributed by atoms with van der Waals surface area (Å²) in [4.78, 5) is 16.8. The fourth-order valence-corrected chi connectivity index (χ4v) is 2.91. The van der Waals surface area contributed by atoms with E-state index in [1.807, 2.05) is 18.2 Å². The first kappa shape index (κ1) is 19.7. The highest BCUT2D eigenvalue weighted by molar-refractivity contribution is 6.30. The maximum atomic E-state index is 13.4. The molecule has 0 amide bonds. The van der Waals surface area contributed by atoms with Crippen molar-refractivity contribution in [2.45, 2.75) is 6.42 Å². The Morgan fingerprint density at radius 1 is 1.14 bits per heavy atom. The van der Waals surface area contributed by atoms with Gasteiger partial charge in [0.15, 0.2) is 17.3 Å². The van der Waals surface area contributed by atoms with E-state index in [2.05, 4.69) is 10.3 Å². The molecule has 0 spiro atoms. The number of benzene rings is 2. The van der Waals surface area contributed by atoms with Crippen molar-refractivity contribution in [2.75, 3.05) is 26.1 Å². The molecule has 1 N–H and O–H groups in total. The lowest BCUT2D eigenvalue weighted by Gasteiger charge is -2.11. The molecule has 0 unspecified atom stereocenters. The lowest BCUT2D eigenvalue weighted by atomic mass is 10.1. The van der Waals surface area contributed by atoms with Crippen molar-refractivity contribution in [3.63, 3.8) is 0 Å². The average molecular weight is 404 g/mol. The number of aromatic nitrogens is 2. The molecule has 0 radical (unpaired) electrons. The van der Waals surface area contributed by atoms with Gasteiger partial charge in [-0.15, -0.1) is 0 Å². The Balaban J connectivity index is 1.73. The molecule has 0 saturated heterocycles. The van der Waals surface area contributed by atoms with Crippen molar-refractivity contribution in [2.24, 2.45) is 0 Å². The molecule has 3 aromatic rings. The van der Waals surface area contributed by atoms with Crippen molar-refractivity contribution < 1.29 is 13.9 Å². The van der Waals surface area contributed by atoms with Crippen LogP contribution in [0.4, 0.5) is 10.2 Å². The number of nitrogens with one attached hydrogen (secondary N) is 1. The summed E-state index contributed by atoms with van der Waals surface area (Å²) in [6.45, 7) is 0.492. The fraction of sp³-hybridized carbons (Fsp3) is 0.200. The van der Waals surface area contributed by atoms with Crippen LogP contribution in [0.3, 0.4) is 0 Å². The van der Waals surface area contributed by atoms with Gasteiger partial charge in [-0.25, -0.2) is 9.37 Å². The highest BCUT2D eigenvalue weighted by Crippen LogP contribution is 2.27. The molecule has 0 aliphatic rings. The molecular weight excluding hydrogens is 385 g/mol. The molecule has 28 heavy (non-hydrogen) atoms. The SMILES string of the molecule is COc1ccc(CCNc2nccn(-c3ccc(F)c(Cl)c3)c2=O)cc1OC. The molecule has 0 aliphatic heterocycles. The monoisotopic (exact) mass is 403 g/mol. The summed E-state index contributed by atoms with van der Waals surface area (Å²) in [5, 5.41) is 2.99. The Bertz CT molecular complexity index is 1040. The van der Waals surface area contributed by atoms with Gasteiger partial charge in [0.2, 0.25) is 0 Å². The molecule has 0 bridgehead atoms. The van der Waals surface area contributed by atoms with E-state index in [0.29, 0.717) is 30.2 Å². The van der Waals surface area contributed by atoms with Gasteiger partial charge in [0.05, 0.1) is 24.9 Å². The highest BCUT2D eigenvalue weighted by Gasteiger charge is 2.09. The second-order valence-electron chi connectivity index (χ2n) is 5.92. The smallest absolute Gasteiger partial charge is 0.297 e. The minimum atomic E-state index is -0.541.